The van der Waals surface area contributed by atoms with E-state index in [-0.39, 0.29) is 0 Å². The summed E-state index contributed by atoms with van der Waals surface area (Å²) in [5.41, 5.74) is 20.2. The summed E-state index contributed by atoms with van der Waals surface area (Å²) in [6, 6.07) is 82.2. The fraction of sp³-hybridized carbons (Fsp3) is 0. The van der Waals surface area contributed by atoms with Gasteiger partial charge in [-0.25, -0.2) is 4.98 Å². The van der Waals surface area contributed by atoms with Gasteiger partial charge in [-0.3, -0.25) is 0 Å². The third-order valence-electron chi connectivity index (χ3n) is 13.6. The first-order valence-electron chi connectivity index (χ1n) is 22.0. The van der Waals surface area contributed by atoms with Crippen molar-refractivity contribution in [1.82, 2.24) is 14.1 Å². The second-order valence-corrected chi connectivity index (χ2v) is 17.1. The van der Waals surface area contributed by atoms with Gasteiger partial charge >= 0.3 is 0 Å². The van der Waals surface area contributed by atoms with E-state index in [2.05, 4.69) is 234 Å². The molecule has 0 unspecified atom stereocenters. The molecule has 1 aliphatic rings. The minimum absolute atomic E-state index is 1.00. The van der Waals surface area contributed by atoms with Crippen LogP contribution < -0.4 is 0 Å². The SMILES string of the molecule is c1ccc(-n2c3ccccc3c3cc(-c4ccc5c(c4)c4ccc(-c6ccc7cc(-c8cc9c%10c(cccc%10n8)-c8ccccc8-9)ccc7c6)cc4n5-c4ccccc4)ccc32)cc1. The summed E-state index contributed by atoms with van der Waals surface area (Å²) in [5, 5.41) is 8.64. The van der Waals surface area contributed by atoms with Gasteiger partial charge in [-0.1, -0.05) is 140 Å². The summed E-state index contributed by atoms with van der Waals surface area (Å²) in [5.74, 6) is 0. The van der Waals surface area contributed by atoms with E-state index >= 15 is 0 Å². The highest BCUT2D eigenvalue weighted by molar-refractivity contribution is 6.16. The van der Waals surface area contributed by atoms with Crippen LogP contribution in [0, 0.1) is 0 Å². The van der Waals surface area contributed by atoms with Crippen molar-refractivity contribution in [3.05, 3.63) is 224 Å². The molecule has 0 radical (unpaired) electrons. The standard InChI is InChI=1S/C61H37N3/c1-3-12-45(13-4-1)63-57-21-10-9-18-49(57)52-34-41(27-30-58(52)63)42-28-31-59-53(35-42)50-29-26-43(36-60(50)64(59)46-14-5-2-6-15-46)39-22-23-40-33-44(25-24-38(40)32-39)56-37-54-48-17-8-7-16-47(48)51-19-11-20-55(62-56)61(51)54/h1-37H. The first kappa shape index (κ1) is 35.1. The Morgan fingerprint density at radius 2 is 0.781 bits per heavy atom. The number of hydrogen-bond donors (Lipinski definition) is 0. The second kappa shape index (κ2) is 13.5. The van der Waals surface area contributed by atoms with Crippen LogP contribution in [0.25, 0.3) is 132 Å². The van der Waals surface area contributed by atoms with Crippen LogP contribution in [0.15, 0.2) is 224 Å². The van der Waals surface area contributed by atoms with E-state index in [0.29, 0.717) is 0 Å². The Bertz CT molecular complexity index is 4060. The summed E-state index contributed by atoms with van der Waals surface area (Å²) in [6.45, 7) is 0. The molecule has 0 N–H and O–H groups in total. The van der Waals surface area contributed by atoms with Gasteiger partial charge in [0.15, 0.2) is 0 Å². The molecule has 0 amide bonds. The van der Waals surface area contributed by atoms with Crippen molar-refractivity contribution in [3.8, 4) is 67.1 Å². The molecule has 3 heterocycles. The zero-order valence-corrected chi connectivity index (χ0v) is 34.7. The van der Waals surface area contributed by atoms with Gasteiger partial charge in [-0.15, -0.1) is 0 Å². The second-order valence-electron chi connectivity index (χ2n) is 17.1. The van der Waals surface area contributed by atoms with E-state index in [4.69, 9.17) is 4.98 Å². The van der Waals surface area contributed by atoms with E-state index in [1.54, 1.807) is 0 Å². The van der Waals surface area contributed by atoms with Crippen LogP contribution >= 0.6 is 0 Å². The quantitative estimate of drug-likeness (QED) is 0.170. The summed E-state index contributed by atoms with van der Waals surface area (Å²) in [7, 11) is 0. The molecule has 296 valence electrons. The van der Waals surface area contributed by atoms with Gasteiger partial charge in [-0.2, -0.15) is 0 Å². The molecule has 13 aromatic rings. The molecule has 0 saturated carbocycles. The van der Waals surface area contributed by atoms with Crippen molar-refractivity contribution in [3.63, 3.8) is 0 Å². The maximum Gasteiger partial charge on any atom is 0.0722 e. The van der Waals surface area contributed by atoms with Gasteiger partial charge in [0.05, 0.1) is 33.3 Å². The largest absolute Gasteiger partial charge is 0.309 e. The molecule has 0 aliphatic heterocycles. The molecule has 0 saturated heterocycles. The van der Waals surface area contributed by atoms with E-state index in [0.717, 1.165) is 22.5 Å². The maximum atomic E-state index is 5.20. The summed E-state index contributed by atoms with van der Waals surface area (Å²) in [6.07, 6.45) is 0. The molecule has 64 heavy (non-hydrogen) atoms. The number of fused-ring (bicyclic) bond motifs is 10. The molecular weight excluding hydrogens is 775 g/mol. The topological polar surface area (TPSA) is 22.8 Å². The predicted molar refractivity (Wildman–Crippen MR) is 269 cm³/mol. The Kier molecular flexibility index (Phi) is 7.40. The van der Waals surface area contributed by atoms with Crippen molar-refractivity contribution >= 4 is 65.3 Å². The zero-order valence-electron chi connectivity index (χ0n) is 34.7. The van der Waals surface area contributed by atoms with Gasteiger partial charge in [0.2, 0.25) is 0 Å². The van der Waals surface area contributed by atoms with Crippen LogP contribution in [0.5, 0.6) is 0 Å². The molecule has 0 fully saturated rings. The van der Waals surface area contributed by atoms with Crippen LogP contribution in [0.2, 0.25) is 0 Å². The molecule has 10 aromatic carbocycles. The van der Waals surface area contributed by atoms with E-state index in [9.17, 15) is 0 Å². The number of para-hydroxylation sites is 3. The normalized spacial score (nSPS) is 12.1. The minimum atomic E-state index is 1.00. The zero-order chi connectivity index (χ0) is 41.9. The summed E-state index contributed by atoms with van der Waals surface area (Å²) >= 11 is 0. The fourth-order valence-electron chi connectivity index (χ4n) is 10.7. The number of benzene rings is 10. The molecular formula is C61H37N3. The first-order valence-corrected chi connectivity index (χ1v) is 22.0. The average molecular weight is 812 g/mol. The monoisotopic (exact) mass is 811 g/mol. The molecule has 3 heteroatoms. The van der Waals surface area contributed by atoms with Crippen molar-refractivity contribution in [1.29, 1.82) is 0 Å². The Balaban J connectivity index is 0.867. The number of hydrogen-bond acceptors (Lipinski definition) is 1. The molecule has 14 rings (SSSR count). The lowest BCUT2D eigenvalue weighted by molar-refractivity contribution is 1.18. The molecule has 3 aromatic heterocycles. The molecule has 0 atom stereocenters. The number of rotatable bonds is 5. The number of nitrogens with zero attached hydrogens (tertiary/aromatic N) is 3. The first-order chi connectivity index (χ1) is 31.7. The van der Waals surface area contributed by atoms with Crippen LogP contribution in [-0.2, 0) is 0 Å². The lowest BCUT2D eigenvalue weighted by Gasteiger charge is -2.11. The van der Waals surface area contributed by atoms with Crippen molar-refractivity contribution in [2.24, 2.45) is 0 Å². The third-order valence-corrected chi connectivity index (χ3v) is 13.6. The smallest absolute Gasteiger partial charge is 0.0722 e. The van der Waals surface area contributed by atoms with E-state index < -0.39 is 0 Å². The highest BCUT2D eigenvalue weighted by atomic mass is 15.0. The summed E-state index contributed by atoms with van der Waals surface area (Å²) < 4.78 is 4.80. The Morgan fingerprint density at radius 3 is 1.50 bits per heavy atom. The van der Waals surface area contributed by atoms with Gasteiger partial charge in [0, 0.05) is 43.9 Å². The summed E-state index contributed by atoms with van der Waals surface area (Å²) in [4.78, 5) is 5.20. The highest BCUT2D eigenvalue weighted by Crippen LogP contribution is 2.48. The van der Waals surface area contributed by atoms with E-state index in [1.807, 2.05) is 0 Å². The van der Waals surface area contributed by atoms with Crippen LogP contribution in [0.4, 0.5) is 0 Å². The van der Waals surface area contributed by atoms with Gasteiger partial charge in [-0.05, 0) is 140 Å². The van der Waals surface area contributed by atoms with Crippen molar-refractivity contribution < 1.29 is 0 Å². The molecule has 0 bridgehead atoms. The third kappa shape index (κ3) is 5.19. The fourth-order valence-corrected chi connectivity index (χ4v) is 10.7. The van der Waals surface area contributed by atoms with Crippen LogP contribution in [-0.4, -0.2) is 14.1 Å². The lowest BCUT2D eigenvalue weighted by Crippen LogP contribution is -1.93. The van der Waals surface area contributed by atoms with Crippen LogP contribution in [0.1, 0.15) is 0 Å². The maximum absolute atomic E-state index is 5.20. The number of aromatic nitrogens is 3. The predicted octanol–water partition coefficient (Wildman–Crippen LogP) is 16.2. The molecule has 0 spiro atoms. The molecule has 3 nitrogen and oxygen atoms in total. The van der Waals surface area contributed by atoms with Gasteiger partial charge in [0.1, 0.15) is 0 Å². The van der Waals surface area contributed by atoms with Gasteiger partial charge in [0.25, 0.3) is 0 Å². The van der Waals surface area contributed by atoms with Crippen molar-refractivity contribution in [2.75, 3.05) is 0 Å². The van der Waals surface area contributed by atoms with Crippen molar-refractivity contribution in [2.45, 2.75) is 0 Å². The number of pyridine rings is 1. The Morgan fingerprint density at radius 1 is 0.281 bits per heavy atom. The highest BCUT2D eigenvalue weighted by Gasteiger charge is 2.23. The molecule has 1 aliphatic carbocycles. The minimum Gasteiger partial charge on any atom is -0.309 e. The van der Waals surface area contributed by atoms with E-state index in [1.165, 1.54) is 110 Å². The Hall–Kier alpha value is -8.53. The van der Waals surface area contributed by atoms with Gasteiger partial charge < -0.3 is 9.13 Å². The lowest BCUT2D eigenvalue weighted by atomic mass is 9.97. The van der Waals surface area contributed by atoms with Crippen LogP contribution in [0.3, 0.4) is 0 Å². The Labute approximate surface area is 369 Å². The average Bonchev–Trinajstić information content (AvgIpc) is 3.99.